The Balaban J connectivity index is 1.68. The van der Waals surface area contributed by atoms with Crippen molar-refractivity contribution in [2.75, 3.05) is 32.1 Å². The monoisotopic (exact) mass is 692 g/mol. The predicted octanol–water partition coefficient (Wildman–Crippen LogP) is 7.38. The average Bonchev–Trinajstić information content (AvgIpc) is 3.10. The molecule has 1 aliphatic heterocycles. The minimum absolute atomic E-state index is 0.0660. The van der Waals surface area contributed by atoms with E-state index in [1.54, 1.807) is 23.9 Å². The number of hydrogen-bond acceptors (Lipinski definition) is 9. The number of unbranched alkanes of at least 4 members (excludes halogenated alkanes) is 2. The quantitative estimate of drug-likeness (QED) is 0.0842. The zero-order valence-corrected chi connectivity index (χ0v) is 29.7. The van der Waals surface area contributed by atoms with Gasteiger partial charge in [-0.15, -0.1) is 6.58 Å². The lowest BCUT2D eigenvalue weighted by molar-refractivity contribution is -0.223. The van der Waals surface area contributed by atoms with Crippen LogP contribution in [0.5, 0.6) is 11.5 Å². The van der Waals surface area contributed by atoms with Gasteiger partial charge in [-0.3, -0.25) is 0 Å². The van der Waals surface area contributed by atoms with Crippen molar-refractivity contribution in [2.45, 2.75) is 82.4 Å². The number of fused-ring (bicyclic) bond motifs is 2. The third-order valence-corrected chi connectivity index (χ3v) is 11.0. The molecule has 2 aromatic carbocycles. The van der Waals surface area contributed by atoms with Gasteiger partial charge in [0.05, 0.1) is 23.5 Å². The molecule has 0 radical (unpaired) electrons. The molecule has 1 saturated carbocycles. The van der Waals surface area contributed by atoms with Crippen LogP contribution in [0, 0.1) is 17.8 Å². The first kappa shape index (κ1) is 37.0. The molecule has 6 atom stereocenters. The molecular weight excluding hydrogens is 641 g/mol. The fraction of sp³-hybridized carbons (Fsp3) is 0.538. The smallest absolute Gasteiger partial charge is 0.412 e. The van der Waals surface area contributed by atoms with Gasteiger partial charge in [0.2, 0.25) is 5.79 Å². The number of nitrogens with one attached hydrogen (secondary N) is 1. The van der Waals surface area contributed by atoms with Crippen molar-refractivity contribution in [1.29, 1.82) is 0 Å². The van der Waals surface area contributed by atoms with Crippen LogP contribution in [0.2, 0.25) is 0 Å². The highest BCUT2D eigenvalue weighted by Crippen LogP contribution is 2.62. The number of aliphatic hydroxyl groups excluding tert-OH is 2. The summed E-state index contributed by atoms with van der Waals surface area (Å²) < 4.78 is 19.7. The molecule has 0 saturated heterocycles. The van der Waals surface area contributed by atoms with E-state index in [1.165, 1.54) is 0 Å². The summed E-state index contributed by atoms with van der Waals surface area (Å²) >= 11 is 1.81. The fourth-order valence-corrected chi connectivity index (χ4v) is 8.96. The normalized spacial score (nSPS) is 26.2. The van der Waals surface area contributed by atoms with Crippen LogP contribution in [-0.4, -0.2) is 65.2 Å². The van der Waals surface area contributed by atoms with Gasteiger partial charge >= 0.3 is 6.09 Å². The molecule has 1 amide bonds. The minimum atomic E-state index is -1.01. The summed E-state index contributed by atoms with van der Waals surface area (Å²) in [6.07, 6.45) is 9.22. The molecule has 3 aliphatic rings. The number of benzene rings is 2. The van der Waals surface area contributed by atoms with E-state index in [4.69, 9.17) is 24.2 Å². The van der Waals surface area contributed by atoms with E-state index in [0.29, 0.717) is 38.3 Å². The summed E-state index contributed by atoms with van der Waals surface area (Å²) in [5, 5.41) is 27.0. The van der Waals surface area contributed by atoms with Gasteiger partial charge in [0.25, 0.3) is 0 Å². The van der Waals surface area contributed by atoms with Crippen molar-refractivity contribution in [3.8, 4) is 11.5 Å². The Bertz CT molecular complexity index is 1450. The molecule has 0 unspecified atom stereocenters. The maximum atomic E-state index is 12.5. The summed E-state index contributed by atoms with van der Waals surface area (Å²) in [4.78, 5) is 18.6. The molecule has 9 nitrogen and oxygen atoms in total. The Morgan fingerprint density at radius 1 is 1.10 bits per heavy atom. The van der Waals surface area contributed by atoms with Crippen LogP contribution in [0.1, 0.15) is 75.8 Å². The highest BCUT2D eigenvalue weighted by Gasteiger charge is 2.63. The van der Waals surface area contributed by atoms with Gasteiger partial charge in [-0.05, 0) is 79.5 Å². The van der Waals surface area contributed by atoms with Gasteiger partial charge in [0.1, 0.15) is 18.1 Å². The van der Waals surface area contributed by atoms with Crippen LogP contribution in [0.4, 0.5) is 4.79 Å². The molecule has 0 bridgehead atoms. The third kappa shape index (κ3) is 8.53. The number of carbonyl (C=O) groups excluding carboxylic acids is 1. The number of oxime groups is 1. The molecule has 0 spiro atoms. The van der Waals surface area contributed by atoms with Crippen molar-refractivity contribution in [3.63, 3.8) is 0 Å². The fourth-order valence-electron chi connectivity index (χ4n) is 7.79. The maximum Gasteiger partial charge on any atom is 0.412 e. The summed E-state index contributed by atoms with van der Waals surface area (Å²) in [5.41, 5.74) is 3.99. The third-order valence-electron chi connectivity index (χ3n) is 9.77. The minimum Gasteiger partial charge on any atom is -0.460 e. The standard InChI is InChI=1S/C39H52N2O7S/c1-4-22-45-39-35(49-6-3)25-33(41-46-26-27-14-8-7-9-15-27)31-23-28(16-10-12-20-42)30(17-11-13-21-43)36(37(31)39)32-24-29(18-19-34(32)48-39)47-38(44)40-5-2/h4,7-9,14-15,18-19,23-24,28,30,35-37,42-43H,1,5-6,10-13,16-17,20-22,25-26H2,2-3H3,(H,40,44)/t28-,30+,35-,36+,37+,39+/m0/s1. The summed E-state index contributed by atoms with van der Waals surface area (Å²) in [6.45, 7) is 9.40. The Morgan fingerprint density at radius 3 is 2.59 bits per heavy atom. The lowest BCUT2D eigenvalue weighted by Gasteiger charge is -2.58. The van der Waals surface area contributed by atoms with Gasteiger partial charge in [0, 0.05) is 37.7 Å². The van der Waals surface area contributed by atoms with E-state index in [0.717, 1.165) is 66.0 Å². The predicted molar refractivity (Wildman–Crippen MR) is 194 cm³/mol. The first-order chi connectivity index (χ1) is 24.0. The van der Waals surface area contributed by atoms with Crippen molar-refractivity contribution < 1.29 is 34.1 Å². The van der Waals surface area contributed by atoms with E-state index in [-0.39, 0.29) is 42.1 Å². The second kappa shape index (κ2) is 18.1. The Hall–Kier alpha value is -3.31. The first-order valence-corrected chi connectivity index (χ1v) is 18.9. The number of amides is 1. The van der Waals surface area contributed by atoms with Gasteiger partial charge in [-0.25, -0.2) is 4.79 Å². The zero-order chi connectivity index (χ0) is 34.6. The highest BCUT2D eigenvalue weighted by atomic mass is 32.2. The topological polar surface area (TPSA) is 119 Å². The van der Waals surface area contributed by atoms with Gasteiger partial charge in [-0.2, -0.15) is 11.8 Å². The number of nitrogens with zero attached hydrogens (tertiary/aromatic N) is 1. The maximum absolute atomic E-state index is 12.5. The van der Waals surface area contributed by atoms with Crippen LogP contribution in [0.15, 0.2) is 78.0 Å². The molecule has 1 heterocycles. The summed E-state index contributed by atoms with van der Waals surface area (Å²) in [6, 6.07) is 15.7. The lowest BCUT2D eigenvalue weighted by Crippen LogP contribution is -2.64. The summed E-state index contributed by atoms with van der Waals surface area (Å²) in [5.74, 6) is 1.07. The van der Waals surface area contributed by atoms with E-state index in [2.05, 4.69) is 24.9 Å². The molecule has 3 N–H and O–H groups in total. The van der Waals surface area contributed by atoms with Gasteiger partial charge in [0.15, 0.2) is 0 Å². The van der Waals surface area contributed by atoms with Crippen molar-refractivity contribution in [3.05, 3.63) is 84.0 Å². The molecule has 0 aromatic heterocycles. The lowest BCUT2D eigenvalue weighted by atomic mass is 9.56. The Kier molecular flexibility index (Phi) is 13.6. The van der Waals surface area contributed by atoms with Gasteiger partial charge in [-0.1, -0.05) is 67.4 Å². The van der Waals surface area contributed by atoms with Crippen molar-refractivity contribution in [2.24, 2.45) is 22.9 Å². The number of allylic oxidation sites excluding steroid dienone is 1. The molecule has 266 valence electrons. The van der Waals surface area contributed by atoms with Gasteiger partial charge < -0.3 is 34.6 Å². The van der Waals surface area contributed by atoms with Crippen LogP contribution in [-0.2, 0) is 16.2 Å². The summed E-state index contributed by atoms with van der Waals surface area (Å²) in [7, 11) is 0. The van der Waals surface area contributed by atoms with Crippen LogP contribution in [0.25, 0.3) is 0 Å². The van der Waals surface area contributed by atoms with E-state index in [9.17, 15) is 15.0 Å². The van der Waals surface area contributed by atoms with Crippen LogP contribution >= 0.6 is 11.8 Å². The van der Waals surface area contributed by atoms with Crippen molar-refractivity contribution in [1.82, 2.24) is 5.32 Å². The second-order valence-electron chi connectivity index (χ2n) is 12.9. The van der Waals surface area contributed by atoms with Crippen LogP contribution < -0.4 is 14.8 Å². The number of thioether (sulfide) groups is 1. The number of hydrogen-bond donors (Lipinski definition) is 3. The largest absolute Gasteiger partial charge is 0.460 e. The molecule has 2 aliphatic carbocycles. The number of rotatable bonds is 18. The van der Waals surface area contributed by atoms with Crippen molar-refractivity contribution >= 4 is 23.6 Å². The van der Waals surface area contributed by atoms with E-state index in [1.807, 2.05) is 49.4 Å². The number of ether oxygens (including phenoxy) is 3. The molecule has 5 rings (SSSR count). The number of aliphatic hydroxyl groups is 2. The van der Waals surface area contributed by atoms with E-state index >= 15 is 0 Å². The van der Waals surface area contributed by atoms with E-state index < -0.39 is 11.9 Å². The first-order valence-electron chi connectivity index (χ1n) is 17.8. The SMILES string of the molecule is C=CCO[C@@]12Oc3ccc(OC(=O)NCC)cc3[C@H]3[C@H](CCCCO)[C@@H](CCCCO)C=C(C(=NOCc4ccccc4)C[C@@H]1SCC)[C@H]32. The Morgan fingerprint density at radius 2 is 1.88 bits per heavy atom. The molecule has 10 heteroatoms. The Labute approximate surface area is 295 Å². The molecule has 49 heavy (non-hydrogen) atoms. The average molecular weight is 693 g/mol. The second-order valence-corrected chi connectivity index (χ2v) is 14.4. The molecule has 2 aromatic rings. The van der Waals surface area contributed by atoms with Crippen LogP contribution in [0.3, 0.4) is 0 Å². The highest BCUT2D eigenvalue weighted by molar-refractivity contribution is 8.00. The zero-order valence-electron chi connectivity index (χ0n) is 28.9. The molecular formula is C39H52N2O7S. The number of carbonyl (C=O) groups is 1. The molecule has 1 fully saturated rings.